The molecule has 1 N–H and O–H groups in total. The topological polar surface area (TPSA) is 88.7 Å². The smallest absolute Gasteiger partial charge is 0.335 e. The van der Waals surface area contributed by atoms with Gasteiger partial charge in [0.25, 0.3) is 0 Å². The normalized spacial score (nSPS) is 28.0. The third kappa shape index (κ3) is 4.27. The number of rotatable bonds is 7. The number of hydrogen-bond acceptors (Lipinski definition) is 7. The first-order valence-electron chi connectivity index (χ1n) is 14.7. The van der Waals surface area contributed by atoms with Crippen LogP contribution >= 0.6 is 11.3 Å². The molecule has 1 spiro atoms. The molecule has 3 aliphatic carbocycles. The zero-order valence-corrected chi connectivity index (χ0v) is 22.9. The van der Waals surface area contributed by atoms with Gasteiger partial charge in [0.1, 0.15) is 11.3 Å². The minimum absolute atomic E-state index is 0.0378. The molecule has 0 radical (unpaired) electrons. The molecule has 2 saturated heterocycles. The number of fused-ring (bicyclic) bond motifs is 3. The van der Waals surface area contributed by atoms with E-state index in [1.54, 1.807) is 0 Å². The molecule has 1 aromatic carbocycles. The average Bonchev–Trinajstić information content (AvgIpc) is 3.80. The van der Waals surface area contributed by atoms with E-state index < -0.39 is 11.8 Å². The second-order valence-corrected chi connectivity index (χ2v) is 13.8. The van der Waals surface area contributed by atoms with E-state index in [2.05, 4.69) is 15.0 Å². The van der Waals surface area contributed by atoms with Crippen LogP contribution in [0.5, 0.6) is 0 Å². The van der Waals surface area contributed by atoms with Crippen molar-refractivity contribution < 1.29 is 23.6 Å². The van der Waals surface area contributed by atoms with Crippen LogP contribution < -0.4 is 4.90 Å². The molecule has 3 atom stereocenters. The van der Waals surface area contributed by atoms with Crippen LogP contribution in [0.3, 0.4) is 0 Å². The van der Waals surface area contributed by atoms with E-state index >= 15 is 0 Å². The van der Waals surface area contributed by atoms with Crippen molar-refractivity contribution >= 4 is 32.7 Å². The van der Waals surface area contributed by atoms with Crippen LogP contribution in [0.25, 0.3) is 10.2 Å². The molecular formula is C30H34FN3O4S. The molecule has 39 heavy (non-hydrogen) atoms. The number of anilines is 1. The Kier molecular flexibility index (Phi) is 5.60. The Hall–Kier alpha value is -2.52. The highest BCUT2D eigenvalue weighted by Gasteiger charge is 2.47. The summed E-state index contributed by atoms with van der Waals surface area (Å²) in [5, 5.41) is 14.7. The quantitative estimate of drug-likeness (QED) is 0.333. The summed E-state index contributed by atoms with van der Waals surface area (Å²) < 4.78 is 27.8. The molecule has 4 heterocycles. The van der Waals surface area contributed by atoms with E-state index in [1.165, 1.54) is 80.0 Å². The zero-order valence-electron chi connectivity index (χ0n) is 22.0. The van der Waals surface area contributed by atoms with Crippen LogP contribution in [-0.4, -0.2) is 39.4 Å². The highest BCUT2D eigenvalue weighted by molar-refractivity contribution is 7.22. The number of carboxylic acid groups (broad SMARTS) is 1. The SMILES string of the molecule is O=C(O)c1cc(F)c2nc(N3[C@@H]4CC[C@H]3CC(OCc3c(C5CCC6(CC5)CC6)noc3C3CC3)C4)sc2c1. The summed E-state index contributed by atoms with van der Waals surface area (Å²) in [6, 6.07) is 3.20. The molecule has 2 bridgehead atoms. The van der Waals surface area contributed by atoms with Crippen LogP contribution in [0.2, 0.25) is 0 Å². The second-order valence-electron chi connectivity index (χ2n) is 12.8. The molecule has 7 nitrogen and oxygen atoms in total. The van der Waals surface area contributed by atoms with Crippen molar-refractivity contribution in [3.63, 3.8) is 0 Å². The first-order valence-corrected chi connectivity index (χ1v) is 15.5. The number of halogens is 1. The number of hydrogen-bond donors (Lipinski definition) is 1. The van der Waals surface area contributed by atoms with Gasteiger partial charge in [-0.15, -0.1) is 0 Å². The minimum Gasteiger partial charge on any atom is -0.478 e. The zero-order chi connectivity index (χ0) is 26.3. The van der Waals surface area contributed by atoms with E-state index in [4.69, 9.17) is 9.26 Å². The maximum atomic E-state index is 14.6. The molecule has 0 amide bonds. The van der Waals surface area contributed by atoms with Gasteiger partial charge in [-0.1, -0.05) is 16.5 Å². The largest absolute Gasteiger partial charge is 0.478 e. The molecule has 5 aliphatic rings. The monoisotopic (exact) mass is 551 g/mol. The van der Waals surface area contributed by atoms with E-state index in [0.29, 0.717) is 40.6 Å². The third-order valence-electron chi connectivity index (χ3n) is 10.2. The van der Waals surface area contributed by atoms with Gasteiger partial charge >= 0.3 is 5.97 Å². The Bertz CT molecular complexity index is 1420. The van der Waals surface area contributed by atoms with E-state index in [0.717, 1.165) is 42.6 Å². The number of aromatic carboxylic acids is 1. The third-order valence-corrected chi connectivity index (χ3v) is 11.3. The first-order chi connectivity index (χ1) is 19.0. The van der Waals surface area contributed by atoms with Gasteiger partial charge in [0.2, 0.25) is 0 Å². The van der Waals surface area contributed by atoms with Crippen molar-refractivity contribution in [3.8, 4) is 0 Å². The van der Waals surface area contributed by atoms with Crippen molar-refractivity contribution in [1.29, 1.82) is 0 Å². The van der Waals surface area contributed by atoms with Crippen molar-refractivity contribution in [1.82, 2.24) is 10.1 Å². The number of piperidine rings is 1. The maximum absolute atomic E-state index is 14.6. The van der Waals surface area contributed by atoms with Crippen LogP contribution in [0.15, 0.2) is 16.7 Å². The summed E-state index contributed by atoms with van der Waals surface area (Å²) in [6.45, 7) is 0.584. The lowest BCUT2D eigenvalue weighted by atomic mass is 9.77. The lowest BCUT2D eigenvalue weighted by Gasteiger charge is -2.38. The number of nitrogens with zero attached hydrogens (tertiary/aromatic N) is 3. The molecule has 5 fully saturated rings. The molecule has 9 heteroatoms. The summed E-state index contributed by atoms with van der Waals surface area (Å²) in [6.07, 6.45) is 14.5. The summed E-state index contributed by atoms with van der Waals surface area (Å²) in [5.74, 6) is 0.404. The molecule has 3 aromatic rings. The van der Waals surface area contributed by atoms with Gasteiger partial charge in [-0.2, -0.15) is 0 Å². The van der Waals surface area contributed by atoms with E-state index in [1.807, 2.05) is 0 Å². The number of thiazole rings is 1. The molecule has 2 aromatic heterocycles. The maximum Gasteiger partial charge on any atom is 0.335 e. The Balaban J connectivity index is 0.977. The van der Waals surface area contributed by atoms with Crippen LogP contribution in [-0.2, 0) is 11.3 Å². The highest BCUT2D eigenvalue weighted by Crippen LogP contribution is 2.59. The summed E-state index contributed by atoms with van der Waals surface area (Å²) in [4.78, 5) is 18.4. The van der Waals surface area contributed by atoms with Crippen molar-refractivity contribution in [2.75, 3.05) is 4.90 Å². The number of carbonyl (C=O) groups is 1. The number of aromatic nitrogens is 2. The van der Waals surface area contributed by atoms with Gasteiger partial charge in [0.15, 0.2) is 10.9 Å². The van der Waals surface area contributed by atoms with Crippen molar-refractivity contribution in [3.05, 3.63) is 40.5 Å². The fourth-order valence-corrected chi connectivity index (χ4v) is 8.80. The number of ether oxygens (including phenoxy) is 1. The summed E-state index contributed by atoms with van der Waals surface area (Å²) >= 11 is 1.39. The Morgan fingerprint density at radius 3 is 2.49 bits per heavy atom. The van der Waals surface area contributed by atoms with E-state index in [-0.39, 0.29) is 17.2 Å². The molecule has 2 aliphatic heterocycles. The standard InChI is InChI=1S/C30H34FN3O4S/c31-23-11-18(28(35)36)12-24-26(23)32-29(39-24)34-19-3-4-20(34)14-21(13-19)37-15-22-25(33-38-27(22)17-1-2-17)16-5-7-30(8-6-16)9-10-30/h11-12,16-17,19-21H,1-10,13-15H2,(H,35,36)/t19-,20+,21?. The second kappa shape index (κ2) is 8.99. The van der Waals surface area contributed by atoms with Gasteiger partial charge in [-0.3, -0.25) is 0 Å². The summed E-state index contributed by atoms with van der Waals surface area (Å²) in [5.41, 5.74) is 3.30. The molecule has 8 rings (SSSR count). The van der Waals surface area contributed by atoms with Gasteiger partial charge in [0.05, 0.1) is 28.7 Å². The molecule has 3 saturated carbocycles. The molecule has 1 unspecified atom stereocenters. The average molecular weight is 552 g/mol. The van der Waals surface area contributed by atoms with Gasteiger partial charge in [-0.25, -0.2) is 14.2 Å². The van der Waals surface area contributed by atoms with Crippen molar-refractivity contribution in [2.45, 2.75) is 114 Å². The van der Waals surface area contributed by atoms with Gasteiger partial charge in [0, 0.05) is 29.5 Å². The predicted molar refractivity (Wildman–Crippen MR) is 145 cm³/mol. The lowest BCUT2D eigenvalue weighted by Crippen LogP contribution is -2.45. The van der Waals surface area contributed by atoms with Gasteiger partial charge < -0.3 is 19.3 Å². The highest BCUT2D eigenvalue weighted by atomic mass is 32.1. The van der Waals surface area contributed by atoms with Crippen LogP contribution in [0.1, 0.15) is 116 Å². The van der Waals surface area contributed by atoms with Crippen molar-refractivity contribution in [2.24, 2.45) is 5.41 Å². The van der Waals surface area contributed by atoms with E-state index in [9.17, 15) is 14.3 Å². The minimum atomic E-state index is -1.13. The molecule has 206 valence electrons. The number of benzene rings is 1. The summed E-state index contributed by atoms with van der Waals surface area (Å²) in [7, 11) is 0. The lowest BCUT2D eigenvalue weighted by molar-refractivity contribution is 0.0140. The number of carboxylic acids is 1. The fourth-order valence-electron chi connectivity index (χ4n) is 7.64. The molecular weight excluding hydrogens is 517 g/mol. The predicted octanol–water partition coefficient (Wildman–Crippen LogP) is 7.15. The van der Waals surface area contributed by atoms with Crippen LogP contribution in [0.4, 0.5) is 9.52 Å². The Labute approximate surface area is 230 Å². The van der Waals surface area contributed by atoms with Gasteiger partial charge in [-0.05, 0) is 94.6 Å². The Morgan fingerprint density at radius 2 is 1.82 bits per heavy atom. The first kappa shape index (κ1) is 24.3. The van der Waals surface area contributed by atoms with Crippen LogP contribution in [0, 0.1) is 11.2 Å². The fraction of sp³-hybridized carbons (Fsp3) is 0.633. The Morgan fingerprint density at radius 1 is 1.08 bits per heavy atom.